The van der Waals surface area contributed by atoms with E-state index in [4.69, 9.17) is 26.1 Å². The molecule has 5 rings (SSSR count). The highest BCUT2D eigenvalue weighted by atomic mass is 35.5. The first kappa shape index (κ1) is 33.3. The molecular formula is C36H39ClN4O4S. The summed E-state index contributed by atoms with van der Waals surface area (Å²) < 4.78 is 10.7. The van der Waals surface area contributed by atoms with Crippen molar-refractivity contribution in [2.24, 2.45) is 0 Å². The second kappa shape index (κ2) is 15.0. The topological polar surface area (TPSA) is 84.9 Å². The Bertz CT molecular complexity index is 1680. The van der Waals surface area contributed by atoms with Crippen molar-refractivity contribution in [1.82, 2.24) is 14.9 Å². The summed E-state index contributed by atoms with van der Waals surface area (Å²) in [6.07, 6.45) is 2.10. The van der Waals surface area contributed by atoms with E-state index >= 15 is 0 Å². The first-order valence-electron chi connectivity index (χ1n) is 15.3. The minimum absolute atomic E-state index is 0.0455. The van der Waals surface area contributed by atoms with Crippen molar-refractivity contribution in [2.45, 2.75) is 42.5 Å². The fourth-order valence-electron chi connectivity index (χ4n) is 5.93. The largest absolute Gasteiger partial charge is 0.493 e. The Morgan fingerprint density at radius 3 is 2.35 bits per heavy atom. The molecule has 1 amide bonds. The number of piperidine rings is 1. The molecule has 1 aliphatic heterocycles. The number of thioether (sulfide) groups is 1. The number of nitrogens with zero attached hydrogens (tertiary/aromatic N) is 4. The van der Waals surface area contributed by atoms with Crippen LogP contribution in [0.15, 0.2) is 84.0 Å². The maximum atomic E-state index is 13.3. The average Bonchev–Trinajstić information content (AvgIpc) is 3.09. The Morgan fingerprint density at radius 1 is 0.913 bits per heavy atom. The van der Waals surface area contributed by atoms with Crippen molar-refractivity contribution in [2.75, 3.05) is 45.8 Å². The number of amides is 1. The monoisotopic (exact) mass is 658 g/mol. The average molecular weight is 659 g/mol. The van der Waals surface area contributed by atoms with Gasteiger partial charge in [-0.2, -0.15) is 0 Å². The van der Waals surface area contributed by atoms with Crippen molar-refractivity contribution in [1.29, 1.82) is 0 Å². The summed E-state index contributed by atoms with van der Waals surface area (Å²) in [6, 6.07) is 25.3. The first-order chi connectivity index (χ1) is 22.2. The molecule has 1 aromatic heterocycles. The zero-order chi connectivity index (χ0) is 32.7. The summed E-state index contributed by atoms with van der Waals surface area (Å²) in [4.78, 5) is 39.3. The Labute approximate surface area is 280 Å². The molecule has 1 saturated heterocycles. The fourth-order valence-corrected chi connectivity index (χ4v) is 6.95. The standard InChI is InChI=1S/C36H39ClN4O4S/c1-25(42)36(29-11-6-5-7-12-29)16-19-41(20-17-36)33-23-32(37)38-35(39-33)46-24-27-9-8-10-28(21-27)34(43)40(2)18-15-26-13-14-30(44-3)31(22-26)45-4/h5-14,21-23H,15-20,24H2,1-4H3. The van der Waals surface area contributed by atoms with E-state index in [1.54, 1.807) is 32.1 Å². The lowest BCUT2D eigenvalue weighted by molar-refractivity contribution is -0.123. The molecule has 0 bridgehead atoms. The number of methoxy groups -OCH3 is 2. The number of aromatic nitrogens is 2. The minimum atomic E-state index is -0.480. The first-order valence-corrected chi connectivity index (χ1v) is 16.6. The van der Waals surface area contributed by atoms with Crippen LogP contribution in [0.1, 0.15) is 46.8 Å². The van der Waals surface area contributed by atoms with Crippen LogP contribution in [0.2, 0.25) is 5.15 Å². The quantitative estimate of drug-likeness (QED) is 0.0925. The van der Waals surface area contributed by atoms with Crippen LogP contribution in [0.5, 0.6) is 11.5 Å². The van der Waals surface area contributed by atoms with Gasteiger partial charge in [0.05, 0.1) is 19.6 Å². The van der Waals surface area contributed by atoms with Gasteiger partial charge in [-0.3, -0.25) is 9.59 Å². The van der Waals surface area contributed by atoms with E-state index < -0.39 is 5.41 Å². The zero-order valence-corrected chi connectivity index (χ0v) is 28.2. The molecule has 2 heterocycles. The van der Waals surface area contributed by atoms with E-state index in [0.29, 0.717) is 72.0 Å². The number of benzene rings is 3. The van der Waals surface area contributed by atoms with Gasteiger partial charge in [0.2, 0.25) is 0 Å². The number of anilines is 1. The van der Waals surface area contributed by atoms with Crippen molar-refractivity contribution in [3.05, 3.63) is 106 Å². The van der Waals surface area contributed by atoms with Crippen LogP contribution in [-0.4, -0.2) is 67.5 Å². The maximum Gasteiger partial charge on any atom is 0.253 e. The third-order valence-corrected chi connectivity index (χ3v) is 9.79. The van der Waals surface area contributed by atoms with Crippen LogP contribution in [-0.2, 0) is 22.4 Å². The Kier molecular flexibility index (Phi) is 10.9. The molecule has 240 valence electrons. The number of ether oxygens (including phenoxy) is 2. The van der Waals surface area contributed by atoms with Gasteiger partial charge in [0.15, 0.2) is 16.7 Å². The summed E-state index contributed by atoms with van der Waals surface area (Å²) in [6.45, 7) is 3.63. The highest BCUT2D eigenvalue weighted by Gasteiger charge is 2.40. The Hall–Kier alpha value is -4.08. The van der Waals surface area contributed by atoms with Crippen LogP contribution in [0.25, 0.3) is 0 Å². The molecule has 4 aromatic rings. The second-order valence-electron chi connectivity index (χ2n) is 11.5. The molecule has 8 nitrogen and oxygen atoms in total. The third kappa shape index (κ3) is 7.65. The van der Waals surface area contributed by atoms with E-state index in [9.17, 15) is 9.59 Å². The molecule has 0 N–H and O–H groups in total. The summed E-state index contributed by atoms with van der Waals surface area (Å²) in [7, 11) is 5.03. The fraction of sp³-hybridized carbons (Fsp3) is 0.333. The highest BCUT2D eigenvalue weighted by Crippen LogP contribution is 2.38. The van der Waals surface area contributed by atoms with E-state index in [1.807, 2.05) is 79.8 Å². The van der Waals surface area contributed by atoms with Crippen molar-refractivity contribution in [3.63, 3.8) is 0 Å². The number of carbonyl (C=O) groups excluding carboxylic acids is 2. The molecule has 0 spiro atoms. The zero-order valence-electron chi connectivity index (χ0n) is 26.7. The summed E-state index contributed by atoms with van der Waals surface area (Å²) >= 11 is 7.93. The molecule has 0 aliphatic carbocycles. The number of Topliss-reactive ketones (excluding diaryl/α,β-unsaturated/α-hetero) is 1. The van der Waals surface area contributed by atoms with E-state index in [1.165, 1.54) is 11.8 Å². The normalized spacial score (nSPS) is 14.1. The number of halogens is 1. The number of ketones is 1. The van der Waals surface area contributed by atoms with Gasteiger partial charge in [0.25, 0.3) is 5.91 Å². The number of hydrogen-bond donors (Lipinski definition) is 0. The van der Waals surface area contributed by atoms with Gasteiger partial charge in [-0.15, -0.1) is 0 Å². The number of hydrogen-bond acceptors (Lipinski definition) is 8. The smallest absolute Gasteiger partial charge is 0.253 e. The molecule has 0 saturated carbocycles. The van der Waals surface area contributed by atoms with Crippen LogP contribution >= 0.6 is 23.4 Å². The Morgan fingerprint density at radius 2 is 1.65 bits per heavy atom. The number of rotatable bonds is 12. The van der Waals surface area contributed by atoms with Crippen molar-refractivity contribution >= 4 is 40.9 Å². The van der Waals surface area contributed by atoms with Crippen LogP contribution < -0.4 is 14.4 Å². The summed E-state index contributed by atoms with van der Waals surface area (Å²) in [5, 5.41) is 0.941. The molecule has 1 fully saturated rings. The van der Waals surface area contributed by atoms with Crippen LogP contribution in [0, 0.1) is 0 Å². The van der Waals surface area contributed by atoms with Gasteiger partial charge in [-0.05, 0) is 67.1 Å². The molecule has 0 radical (unpaired) electrons. The third-order valence-electron chi connectivity index (χ3n) is 8.67. The predicted octanol–water partition coefficient (Wildman–Crippen LogP) is 6.88. The molecular weight excluding hydrogens is 620 g/mol. The molecule has 3 aromatic carbocycles. The molecule has 1 aliphatic rings. The number of carbonyl (C=O) groups is 2. The minimum Gasteiger partial charge on any atom is -0.493 e. The van der Waals surface area contributed by atoms with E-state index in [-0.39, 0.29) is 11.7 Å². The predicted molar refractivity (Wildman–Crippen MR) is 184 cm³/mol. The highest BCUT2D eigenvalue weighted by molar-refractivity contribution is 7.98. The molecule has 0 unspecified atom stereocenters. The summed E-state index contributed by atoms with van der Waals surface area (Å²) in [5.74, 6) is 2.83. The van der Waals surface area contributed by atoms with Crippen LogP contribution in [0.3, 0.4) is 0 Å². The van der Waals surface area contributed by atoms with Gasteiger partial charge in [0.1, 0.15) is 16.8 Å². The van der Waals surface area contributed by atoms with Crippen molar-refractivity contribution < 1.29 is 19.1 Å². The SMILES string of the molecule is COc1ccc(CCN(C)C(=O)c2cccc(CSc3nc(Cl)cc(N4CCC(C(C)=O)(c5ccccc5)CC4)n3)c2)cc1OC. The molecule has 10 heteroatoms. The van der Waals surface area contributed by atoms with Gasteiger partial charge >= 0.3 is 0 Å². The van der Waals surface area contributed by atoms with Gasteiger partial charge in [-0.1, -0.05) is 71.9 Å². The van der Waals surface area contributed by atoms with E-state index in [0.717, 1.165) is 22.5 Å². The van der Waals surface area contributed by atoms with Crippen LogP contribution in [0.4, 0.5) is 5.82 Å². The lowest BCUT2D eigenvalue weighted by atomic mass is 9.70. The lowest BCUT2D eigenvalue weighted by Crippen LogP contribution is -2.47. The molecule has 0 atom stereocenters. The van der Waals surface area contributed by atoms with Crippen molar-refractivity contribution in [3.8, 4) is 11.5 Å². The molecule has 46 heavy (non-hydrogen) atoms. The van der Waals surface area contributed by atoms with Gasteiger partial charge in [0, 0.05) is 44.1 Å². The number of likely N-dealkylation sites (N-methyl/N-ethyl adjacent to an activating group) is 1. The van der Waals surface area contributed by atoms with Gasteiger partial charge in [-0.25, -0.2) is 9.97 Å². The van der Waals surface area contributed by atoms with E-state index in [2.05, 4.69) is 9.88 Å². The summed E-state index contributed by atoms with van der Waals surface area (Å²) in [5.41, 5.74) is 3.26. The lowest BCUT2D eigenvalue weighted by Gasteiger charge is -2.41. The Balaban J connectivity index is 1.20. The van der Waals surface area contributed by atoms with Gasteiger partial charge < -0.3 is 19.3 Å². The second-order valence-corrected chi connectivity index (χ2v) is 12.8. The maximum absolute atomic E-state index is 13.3.